The number of methoxy groups -OCH3 is 1. The molecule has 4 rings (SSSR count). The van der Waals surface area contributed by atoms with Crippen LogP contribution in [0.15, 0.2) is 72.8 Å². The van der Waals surface area contributed by atoms with Crippen molar-refractivity contribution in [2.45, 2.75) is 57.3 Å². The first kappa shape index (κ1) is 27.5. The van der Waals surface area contributed by atoms with E-state index in [0.717, 1.165) is 33.6 Å². The van der Waals surface area contributed by atoms with E-state index in [0.29, 0.717) is 0 Å². The molecule has 0 unspecified atom stereocenters. The largest absolute Gasteiger partial charge is 0.544 e. The van der Waals surface area contributed by atoms with Gasteiger partial charge >= 0.3 is 12.1 Å². The van der Waals surface area contributed by atoms with Gasteiger partial charge in [0.15, 0.2) is 0 Å². The maximum absolute atomic E-state index is 12.8. The van der Waals surface area contributed by atoms with Gasteiger partial charge in [-0.3, -0.25) is 0 Å². The quantitative estimate of drug-likeness (QED) is 0.259. The van der Waals surface area contributed by atoms with Gasteiger partial charge in [0.2, 0.25) is 8.32 Å². The van der Waals surface area contributed by atoms with Gasteiger partial charge in [-0.15, -0.1) is 0 Å². The minimum Gasteiger partial charge on any atom is -0.544 e. The Morgan fingerprint density at radius 3 is 1.97 bits per heavy atom. The van der Waals surface area contributed by atoms with Crippen LogP contribution in [-0.4, -0.2) is 40.1 Å². The first-order valence-electron chi connectivity index (χ1n) is 13.0. The molecule has 200 valence electrons. The van der Waals surface area contributed by atoms with Crippen molar-refractivity contribution < 1.29 is 23.5 Å². The summed E-state index contributed by atoms with van der Waals surface area (Å²) in [7, 11) is -0.643. The summed E-state index contributed by atoms with van der Waals surface area (Å²) >= 11 is 0. The third kappa shape index (κ3) is 5.94. The molecule has 3 aromatic rings. The molecule has 3 aromatic carbocycles. The molecule has 0 bridgehead atoms. The lowest BCUT2D eigenvalue weighted by atomic mass is 9.98. The molecular weight excluding hydrogens is 494 g/mol. The Labute approximate surface area is 226 Å². The Morgan fingerprint density at radius 1 is 0.895 bits per heavy atom. The van der Waals surface area contributed by atoms with Gasteiger partial charge < -0.3 is 19.2 Å². The summed E-state index contributed by atoms with van der Waals surface area (Å²) in [5.74, 6) is 0.220. The molecule has 6 nitrogen and oxygen atoms in total. The van der Waals surface area contributed by atoms with E-state index in [2.05, 4.69) is 63.4 Å². The summed E-state index contributed by atoms with van der Waals surface area (Å²) in [6.07, 6.45) is -0.378. The first-order valence-corrected chi connectivity index (χ1v) is 15.9. The summed E-state index contributed by atoms with van der Waals surface area (Å²) < 4.78 is 16.9. The van der Waals surface area contributed by atoms with E-state index >= 15 is 0 Å². The number of carbonyl (C=O) groups excluding carboxylic acids is 2. The van der Waals surface area contributed by atoms with Crippen LogP contribution in [-0.2, 0) is 20.7 Å². The Morgan fingerprint density at radius 2 is 1.45 bits per heavy atom. The normalized spacial score (nSPS) is 13.7. The predicted molar refractivity (Wildman–Crippen MR) is 152 cm³/mol. The zero-order chi connectivity index (χ0) is 27.5. The van der Waals surface area contributed by atoms with E-state index in [1.165, 1.54) is 7.11 Å². The number of amides is 1. The molecule has 1 N–H and O–H groups in total. The van der Waals surface area contributed by atoms with Crippen LogP contribution in [0.4, 0.5) is 4.79 Å². The number of benzene rings is 3. The van der Waals surface area contributed by atoms with Crippen LogP contribution in [0, 0.1) is 0 Å². The maximum atomic E-state index is 12.8. The Balaban J connectivity index is 1.40. The monoisotopic (exact) mass is 531 g/mol. The van der Waals surface area contributed by atoms with Crippen molar-refractivity contribution in [1.29, 1.82) is 0 Å². The molecule has 0 spiro atoms. The molecule has 7 heteroatoms. The van der Waals surface area contributed by atoms with Crippen LogP contribution in [0.5, 0.6) is 5.75 Å². The van der Waals surface area contributed by atoms with Gasteiger partial charge in [0.05, 0.1) is 7.11 Å². The fourth-order valence-electron chi connectivity index (χ4n) is 4.49. The minimum absolute atomic E-state index is 0.0572. The number of alkyl carbamates (subject to hydrolysis) is 1. The molecule has 0 saturated heterocycles. The number of ether oxygens (including phenoxy) is 2. The van der Waals surface area contributed by atoms with Crippen molar-refractivity contribution in [3.8, 4) is 16.9 Å². The molecule has 0 heterocycles. The second kappa shape index (κ2) is 11.0. The van der Waals surface area contributed by atoms with Crippen LogP contribution >= 0.6 is 0 Å². The van der Waals surface area contributed by atoms with Crippen LogP contribution in [0.1, 0.15) is 43.4 Å². The molecule has 38 heavy (non-hydrogen) atoms. The van der Waals surface area contributed by atoms with Crippen molar-refractivity contribution in [1.82, 2.24) is 5.32 Å². The molecular formula is C31H37NO5Si. The zero-order valence-corrected chi connectivity index (χ0v) is 24.0. The van der Waals surface area contributed by atoms with E-state index in [1.54, 1.807) is 0 Å². The fourth-order valence-corrected chi connectivity index (χ4v) is 5.53. The standard InChI is InChI=1S/C31H37NO5Si/c1-31(2,3)38(5,6)37-22-17-15-21(16-18-22)19-28(29(33)35-4)32-30(34)36-20-27-25-13-9-7-11-23(25)24-12-8-10-14-26(24)27/h7-18,27-28H,19-20H2,1-6H3,(H,32,34)/t28-/m1/s1. The Bertz CT molecular complexity index is 1250. The molecule has 1 amide bonds. The minimum atomic E-state index is -1.95. The summed E-state index contributed by atoms with van der Waals surface area (Å²) in [6.45, 7) is 11.2. The Hall–Kier alpha value is -3.58. The van der Waals surface area contributed by atoms with Crippen molar-refractivity contribution in [3.05, 3.63) is 89.5 Å². The molecule has 0 aliphatic heterocycles. The molecule has 0 radical (unpaired) electrons. The summed E-state index contributed by atoms with van der Waals surface area (Å²) in [4.78, 5) is 25.3. The lowest BCUT2D eigenvalue weighted by molar-refractivity contribution is -0.143. The van der Waals surface area contributed by atoms with Crippen molar-refractivity contribution in [2.75, 3.05) is 13.7 Å². The van der Waals surface area contributed by atoms with Crippen LogP contribution in [0.2, 0.25) is 18.1 Å². The average Bonchev–Trinajstić information content (AvgIpc) is 3.20. The van der Waals surface area contributed by atoms with E-state index in [9.17, 15) is 9.59 Å². The lowest BCUT2D eigenvalue weighted by Crippen LogP contribution is -2.44. The number of esters is 1. The average molecular weight is 532 g/mol. The van der Waals surface area contributed by atoms with Crippen molar-refractivity contribution >= 4 is 20.4 Å². The van der Waals surface area contributed by atoms with Crippen LogP contribution in [0.25, 0.3) is 11.1 Å². The molecule has 0 fully saturated rings. The molecule has 1 aliphatic rings. The molecule has 0 saturated carbocycles. The van der Waals surface area contributed by atoms with Crippen LogP contribution < -0.4 is 9.74 Å². The number of nitrogens with one attached hydrogen (secondary N) is 1. The van der Waals surface area contributed by atoms with E-state index in [-0.39, 0.29) is 24.0 Å². The molecule has 1 atom stereocenters. The third-order valence-corrected chi connectivity index (χ3v) is 12.0. The van der Waals surface area contributed by atoms with Gasteiger partial charge in [-0.2, -0.15) is 0 Å². The highest BCUT2D eigenvalue weighted by atomic mass is 28.4. The first-order chi connectivity index (χ1) is 18.0. The predicted octanol–water partition coefficient (Wildman–Crippen LogP) is 6.69. The van der Waals surface area contributed by atoms with Crippen LogP contribution in [0.3, 0.4) is 0 Å². The van der Waals surface area contributed by atoms with Gasteiger partial charge in [0.1, 0.15) is 18.4 Å². The summed E-state index contributed by atoms with van der Waals surface area (Å²) in [5, 5.41) is 2.79. The molecule has 1 aliphatic carbocycles. The second-order valence-electron chi connectivity index (χ2n) is 11.3. The Kier molecular flexibility index (Phi) is 7.97. The highest BCUT2D eigenvalue weighted by Crippen LogP contribution is 2.44. The number of hydrogen-bond donors (Lipinski definition) is 1. The van der Waals surface area contributed by atoms with E-state index < -0.39 is 26.4 Å². The number of rotatable bonds is 8. The topological polar surface area (TPSA) is 73.9 Å². The smallest absolute Gasteiger partial charge is 0.407 e. The summed E-state index contributed by atoms with van der Waals surface area (Å²) in [5.41, 5.74) is 5.45. The van der Waals surface area contributed by atoms with E-state index in [1.807, 2.05) is 48.5 Å². The van der Waals surface area contributed by atoms with Crippen molar-refractivity contribution in [2.24, 2.45) is 0 Å². The highest BCUT2D eigenvalue weighted by molar-refractivity contribution is 6.74. The molecule has 0 aromatic heterocycles. The van der Waals surface area contributed by atoms with Gasteiger partial charge in [-0.05, 0) is 58.1 Å². The second-order valence-corrected chi connectivity index (χ2v) is 16.0. The number of hydrogen-bond acceptors (Lipinski definition) is 5. The lowest BCUT2D eigenvalue weighted by Gasteiger charge is -2.36. The van der Waals surface area contributed by atoms with Gasteiger partial charge in [-0.1, -0.05) is 81.4 Å². The number of fused-ring (bicyclic) bond motifs is 3. The SMILES string of the molecule is COC(=O)[C@@H](Cc1ccc(O[Si](C)(C)C(C)(C)C)cc1)NC(=O)OCC1c2ccccc2-c2ccccc21. The van der Waals surface area contributed by atoms with Gasteiger partial charge in [-0.25, -0.2) is 9.59 Å². The fraction of sp³-hybridized carbons (Fsp3) is 0.355. The zero-order valence-electron chi connectivity index (χ0n) is 23.0. The maximum Gasteiger partial charge on any atom is 0.407 e. The van der Waals surface area contributed by atoms with Gasteiger partial charge in [0, 0.05) is 12.3 Å². The summed E-state index contributed by atoms with van der Waals surface area (Å²) in [6, 6.07) is 23.1. The van der Waals surface area contributed by atoms with Crippen molar-refractivity contribution in [3.63, 3.8) is 0 Å². The highest BCUT2D eigenvalue weighted by Gasteiger charge is 2.39. The van der Waals surface area contributed by atoms with E-state index in [4.69, 9.17) is 13.9 Å². The van der Waals surface area contributed by atoms with Gasteiger partial charge in [0.25, 0.3) is 0 Å². The third-order valence-electron chi connectivity index (χ3n) is 7.66. The number of carbonyl (C=O) groups is 2.